The van der Waals surface area contributed by atoms with E-state index in [-0.39, 0.29) is 18.4 Å². The summed E-state index contributed by atoms with van der Waals surface area (Å²) in [5.74, 6) is 1.16. The number of carbonyl (C=O) groups is 2. The average Bonchev–Trinajstić information content (AvgIpc) is 3.13. The van der Waals surface area contributed by atoms with Crippen molar-refractivity contribution in [2.24, 2.45) is 5.92 Å². The van der Waals surface area contributed by atoms with Crippen molar-refractivity contribution < 1.29 is 14.3 Å². The number of amides is 2. The van der Waals surface area contributed by atoms with Gasteiger partial charge in [-0.3, -0.25) is 9.59 Å². The third-order valence-electron chi connectivity index (χ3n) is 4.54. The molecule has 2 amide bonds. The minimum absolute atomic E-state index is 0.00770. The topological polar surface area (TPSA) is 70.7 Å². The molecule has 1 heterocycles. The molecule has 6 nitrogen and oxygen atoms in total. The predicted octanol–water partition coefficient (Wildman–Crippen LogP) is 2.26. The number of nitrogens with zero attached hydrogens (tertiary/aromatic N) is 1. The summed E-state index contributed by atoms with van der Waals surface area (Å²) in [5, 5.41) is 6.22. The van der Waals surface area contributed by atoms with Gasteiger partial charge >= 0.3 is 0 Å². The highest BCUT2D eigenvalue weighted by molar-refractivity contribution is 5.90. The molecule has 25 heavy (non-hydrogen) atoms. The number of anilines is 1. The highest BCUT2D eigenvalue weighted by Gasteiger charge is 2.16. The third kappa shape index (κ3) is 6.38. The Morgan fingerprint density at radius 2 is 2.12 bits per heavy atom. The first-order valence-corrected chi connectivity index (χ1v) is 9.13. The van der Waals surface area contributed by atoms with Gasteiger partial charge in [-0.05, 0) is 57.8 Å². The Kier molecular flexibility index (Phi) is 7.73. The Balaban J connectivity index is 1.79. The van der Waals surface area contributed by atoms with E-state index in [1.54, 1.807) is 17.0 Å². The van der Waals surface area contributed by atoms with Gasteiger partial charge in [0.05, 0.1) is 0 Å². The van der Waals surface area contributed by atoms with E-state index in [1.165, 1.54) is 0 Å². The Labute approximate surface area is 149 Å². The lowest BCUT2D eigenvalue weighted by Crippen LogP contribution is -2.34. The van der Waals surface area contributed by atoms with Crippen LogP contribution in [0, 0.1) is 5.92 Å². The van der Waals surface area contributed by atoms with Gasteiger partial charge in [0.1, 0.15) is 5.75 Å². The molecule has 0 bridgehead atoms. The molecule has 1 aliphatic heterocycles. The monoisotopic (exact) mass is 347 g/mol. The molecule has 2 rings (SSSR count). The normalized spacial score (nSPS) is 16.5. The summed E-state index contributed by atoms with van der Waals surface area (Å²) < 4.78 is 5.57. The smallest absolute Gasteiger partial charge is 0.260 e. The van der Waals surface area contributed by atoms with E-state index in [0.717, 1.165) is 25.9 Å². The minimum Gasteiger partial charge on any atom is -0.484 e. The Hall–Kier alpha value is -2.08. The van der Waals surface area contributed by atoms with Crippen LogP contribution in [0.25, 0.3) is 0 Å². The molecule has 0 radical (unpaired) electrons. The molecule has 1 atom stereocenters. The van der Waals surface area contributed by atoms with Crippen LogP contribution in [0.4, 0.5) is 5.69 Å². The lowest BCUT2D eigenvalue weighted by molar-refractivity contribution is -0.133. The summed E-state index contributed by atoms with van der Waals surface area (Å²) >= 11 is 0. The molecule has 1 saturated heterocycles. The van der Waals surface area contributed by atoms with Crippen LogP contribution in [0.5, 0.6) is 5.75 Å². The first kappa shape index (κ1) is 19.2. The highest BCUT2D eigenvalue weighted by atomic mass is 16.5. The molecule has 0 aliphatic carbocycles. The van der Waals surface area contributed by atoms with Gasteiger partial charge in [0.25, 0.3) is 5.91 Å². The number of benzene rings is 1. The van der Waals surface area contributed by atoms with E-state index < -0.39 is 0 Å². The summed E-state index contributed by atoms with van der Waals surface area (Å²) in [6.45, 7) is 7.30. The van der Waals surface area contributed by atoms with Crippen LogP contribution in [0.15, 0.2) is 24.3 Å². The number of ether oxygens (including phenoxy) is 1. The molecular weight excluding hydrogens is 318 g/mol. The molecule has 138 valence electrons. The number of rotatable bonds is 9. The maximum absolute atomic E-state index is 12.1. The molecule has 1 aromatic rings. The van der Waals surface area contributed by atoms with E-state index in [0.29, 0.717) is 36.9 Å². The number of hydrogen-bond acceptors (Lipinski definition) is 4. The SMILES string of the molecule is CCN(CC)C(=O)COc1cccc(NC(=O)CCC2CCNC2)c1. The Morgan fingerprint density at radius 3 is 2.80 bits per heavy atom. The van der Waals surface area contributed by atoms with E-state index in [9.17, 15) is 9.59 Å². The highest BCUT2D eigenvalue weighted by Crippen LogP contribution is 2.19. The summed E-state index contributed by atoms with van der Waals surface area (Å²) in [7, 11) is 0. The van der Waals surface area contributed by atoms with E-state index in [4.69, 9.17) is 4.74 Å². The van der Waals surface area contributed by atoms with Crippen molar-refractivity contribution in [2.45, 2.75) is 33.1 Å². The Morgan fingerprint density at radius 1 is 1.32 bits per heavy atom. The van der Waals surface area contributed by atoms with Gasteiger partial charge in [0.15, 0.2) is 6.61 Å². The molecular formula is C19H29N3O3. The van der Waals surface area contributed by atoms with Crippen molar-refractivity contribution in [3.8, 4) is 5.75 Å². The first-order chi connectivity index (χ1) is 12.1. The van der Waals surface area contributed by atoms with Crippen LogP contribution < -0.4 is 15.4 Å². The van der Waals surface area contributed by atoms with E-state index >= 15 is 0 Å². The quantitative estimate of drug-likeness (QED) is 0.719. The Bertz CT molecular complexity index is 567. The standard InChI is InChI=1S/C19H29N3O3/c1-3-22(4-2)19(24)14-25-17-7-5-6-16(12-17)21-18(23)9-8-15-10-11-20-13-15/h5-7,12,15,20H,3-4,8-11,13-14H2,1-2H3,(H,21,23). The molecule has 1 fully saturated rings. The zero-order valence-electron chi connectivity index (χ0n) is 15.2. The molecule has 1 aromatic carbocycles. The minimum atomic E-state index is -0.0374. The van der Waals surface area contributed by atoms with Gasteiger partial charge in [-0.2, -0.15) is 0 Å². The van der Waals surface area contributed by atoms with Gasteiger partial charge in [-0.1, -0.05) is 6.07 Å². The molecule has 1 unspecified atom stereocenters. The molecule has 0 saturated carbocycles. The van der Waals surface area contributed by atoms with Crippen LogP contribution in [-0.2, 0) is 9.59 Å². The molecule has 0 aromatic heterocycles. The van der Waals surface area contributed by atoms with Crippen molar-refractivity contribution in [3.05, 3.63) is 24.3 Å². The maximum Gasteiger partial charge on any atom is 0.260 e. The average molecular weight is 347 g/mol. The maximum atomic E-state index is 12.1. The van der Waals surface area contributed by atoms with E-state index in [2.05, 4.69) is 10.6 Å². The van der Waals surface area contributed by atoms with Crippen LogP contribution in [0.2, 0.25) is 0 Å². The van der Waals surface area contributed by atoms with Crippen molar-refractivity contribution in [1.82, 2.24) is 10.2 Å². The number of likely N-dealkylation sites (N-methyl/N-ethyl adjacent to an activating group) is 1. The lowest BCUT2D eigenvalue weighted by Gasteiger charge is -2.18. The van der Waals surface area contributed by atoms with Crippen molar-refractivity contribution >= 4 is 17.5 Å². The number of carbonyl (C=O) groups excluding carboxylic acids is 2. The second-order valence-electron chi connectivity index (χ2n) is 6.33. The zero-order valence-corrected chi connectivity index (χ0v) is 15.2. The third-order valence-corrected chi connectivity index (χ3v) is 4.54. The van der Waals surface area contributed by atoms with Gasteiger partial charge in [0.2, 0.25) is 5.91 Å². The van der Waals surface area contributed by atoms with Gasteiger partial charge < -0.3 is 20.3 Å². The fourth-order valence-electron chi connectivity index (χ4n) is 3.00. The summed E-state index contributed by atoms with van der Waals surface area (Å²) in [6, 6.07) is 7.18. The fourth-order valence-corrected chi connectivity index (χ4v) is 3.00. The van der Waals surface area contributed by atoms with Crippen LogP contribution in [0.3, 0.4) is 0 Å². The van der Waals surface area contributed by atoms with Gasteiger partial charge in [-0.25, -0.2) is 0 Å². The van der Waals surface area contributed by atoms with Crippen LogP contribution >= 0.6 is 0 Å². The van der Waals surface area contributed by atoms with Crippen LogP contribution in [-0.4, -0.2) is 49.5 Å². The first-order valence-electron chi connectivity index (χ1n) is 9.13. The summed E-state index contributed by atoms with van der Waals surface area (Å²) in [6.07, 6.45) is 2.59. The largest absolute Gasteiger partial charge is 0.484 e. The molecule has 2 N–H and O–H groups in total. The molecule has 0 spiro atoms. The molecule has 1 aliphatic rings. The summed E-state index contributed by atoms with van der Waals surface area (Å²) in [4.78, 5) is 25.8. The number of nitrogens with one attached hydrogen (secondary N) is 2. The van der Waals surface area contributed by atoms with Crippen molar-refractivity contribution in [2.75, 3.05) is 38.1 Å². The van der Waals surface area contributed by atoms with Gasteiger partial charge in [-0.15, -0.1) is 0 Å². The second kappa shape index (κ2) is 10.0. The van der Waals surface area contributed by atoms with Gasteiger partial charge in [0, 0.05) is 31.3 Å². The van der Waals surface area contributed by atoms with Crippen molar-refractivity contribution in [3.63, 3.8) is 0 Å². The van der Waals surface area contributed by atoms with Crippen molar-refractivity contribution in [1.29, 1.82) is 0 Å². The zero-order chi connectivity index (χ0) is 18.1. The molecule has 6 heteroatoms. The fraction of sp³-hybridized carbons (Fsp3) is 0.579. The summed E-state index contributed by atoms with van der Waals surface area (Å²) in [5.41, 5.74) is 0.697. The predicted molar refractivity (Wildman–Crippen MR) is 98.7 cm³/mol. The van der Waals surface area contributed by atoms with Crippen LogP contribution in [0.1, 0.15) is 33.1 Å². The second-order valence-corrected chi connectivity index (χ2v) is 6.33. The number of hydrogen-bond donors (Lipinski definition) is 2. The van der Waals surface area contributed by atoms with E-state index in [1.807, 2.05) is 26.0 Å². The lowest BCUT2D eigenvalue weighted by atomic mass is 10.0.